The number of ether oxygens (including phenoxy) is 1. The maximum atomic E-state index is 5.97. The molecule has 0 saturated heterocycles. The fourth-order valence-corrected chi connectivity index (χ4v) is 3.32. The van der Waals surface area contributed by atoms with Gasteiger partial charge >= 0.3 is 0 Å². The van der Waals surface area contributed by atoms with Crippen molar-refractivity contribution < 1.29 is 4.74 Å². The fraction of sp³-hybridized carbons (Fsp3) is 0.400. The minimum absolute atomic E-state index is 0.121. The number of aryl methyl sites for hydroxylation is 1. The molecule has 2 aromatic rings. The third kappa shape index (κ3) is 4.04. The Kier molecular flexibility index (Phi) is 5.57. The highest BCUT2D eigenvalue weighted by Gasteiger charge is 2.10. The standard InChI is InChI=1S/C15H19BrN2OS/c1-10(17)8-12-4-3-5-13(16)15(12)19-7-6-14-11(2)18-9-20-14/h3-5,9-10H,6-8,17H2,1-2H3. The molecule has 1 aromatic heterocycles. The van der Waals surface area contributed by atoms with Crippen molar-refractivity contribution in [2.45, 2.75) is 32.7 Å². The topological polar surface area (TPSA) is 48.1 Å². The second-order valence-corrected chi connectivity index (χ2v) is 6.66. The van der Waals surface area contributed by atoms with Gasteiger partial charge in [-0.3, -0.25) is 0 Å². The van der Waals surface area contributed by atoms with Crippen LogP contribution >= 0.6 is 27.3 Å². The summed E-state index contributed by atoms with van der Waals surface area (Å²) in [5, 5.41) is 0. The first-order valence-electron chi connectivity index (χ1n) is 6.62. The molecule has 3 nitrogen and oxygen atoms in total. The molecule has 1 aromatic carbocycles. The number of hydrogen-bond acceptors (Lipinski definition) is 4. The number of halogens is 1. The van der Waals surface area contributed by atoms with Crippen LogP contribution in [-0.4, -0.2) is 17.6 Å². The number of hydrogen-bond donors (Lipinski definition) is 1. The molecular weight excluding hydrogens is 336 g/mol. The summed E-state index contributed by atoms with van der Waals surface area (Å²) in [5.74, 6) is 0.909. The number of benzene rings is 1. The molecule has 1 unspecified atom stereocenters. The lowest BCUT2D eigenvalue weighted by atomic mass is 10.1. The van der Waals surface area contributed by atoms with Gasteiger partial charge in [-0.15, -0.1) is 11.3 Å². The van der Waals surface area contributed by atoms with E-state index in [9.17, 15) is 0 Å². The van der Waals surface area contributed by atoms with Crippen molar-refractivity contribution in [3.63, 3.8) is 0 Å². The van der Waals surface area contributed by atoms with Gasteiger partial charge in [0.1, 0.15) is 5.75 Å². The average molecular weight is 355 g/mol. The van der Waals surface area contributed by atoms with E-state index in [0.29, 0.717) is 6.61 Å². The molecule has 0 spiro atoms. The minimum atomic E-state index is 0.121. The first-order valence-corrected chi connectivity index (χ1v) is 8.30. The Morgan fingerprint density at radius 1 is 1.45 bits per heavy atom. The van der Waals surface area contributed by atoms with Crippen LogP contribution in [-0.2, 0) is 12.8 Å². The molecule has 0 aliphatic rings. The summed E-state index contributed by atoms with van der Waals surface area (Å²) in [7, 11) is 0. The third-order valence-electron chi connectivity index (χ3n) is 3.01. The molecule has 0 radical (unpaired) electrons. The fourth-order valence-electron chi connectivity index (χ4n) is 2.03. The lowest BCUT2D eigenvalue weighted by molar-refractivity contribution is 0.316. The quantitative estimate of drug-likeness (QED) is 0.859. The Labute approximate surface area is 132 Å². The second-order valence-electron chi connectivity index (χ2n) is 4.87. The molecule has 0 aliphatic carbocycles. The molecule has 2 rings (SSSR count). The summed E-state index contributed by atoms with van der Waals surface area (Å²) in [6, 6.07) is 6.21. The van der Waals surface area contributed by atoms with Gasteiger partial charge in [-0.25, -0.2) is 4.98 Å². The van der Waals surface area contributed by atoms with Crippen LogP contribution in [0.3, 0.4) is 0 Å². The van der Waals surface area contributed by atoms with E-state index < -0.39 is 0 Å². The van der Waals surface area contributed by atoms with Gasteiger partial charge in [0.05, 0.1) is 22.3 Å². The highest BCUT2D eigenvalue weighted by molar-refractivity contribution is 9.10. The van der Waals surface area contributed by atoms with Crippen LogP contribution in [0, 0.1) is 6.92 Å². The predicted octanol–water partition coefficient (Wildman–Crippen LogP) is 3.73. The van der Waals surface area contributed by atoms with Gasteiger partial charge in [0.25, 0.3) is 0 Å². The Morgan fingerprint density at radius 2 is 2.25 bits per heavy atom. The summed E-state index contributed by atoms with van der Waals surface area (Å²) in [4.78, 5) is 5.54. The summed E-state index contributed by atoms with van der Waals surface area (Å²) in [5.41, 5.74) is 10.0. The van der Waals surface area contributed by atoms with E-state index in [-0.39, 0.29) is 6.04 Å². The lowest BCUT2D eigenvalue weighted by Crippen LogP contribution is -2.18. The molecule has 0 bridgehead atoms. The van der Waals surface area contributed by atoms with Gasteiger partial charge in [-0.05, 0) is 47.8 Å². The van der Waals surface area contributed by atoms with Crippen LogP contribution in [0.2, 0.25) is 0 Å². The van der Waals surface area contributed by atoms with E-state index in [1.165, 1.54) is 4.88 Å². The van der Waals surface area contributed by atoms with Crippen LogP contribution in [0.15, 0.2) is 28.2 Å². The largest absolute Gasteiger partial charge is 0.492 e. The van der Waals surface area contributed by atoms with Crippen molar-refractivity contribution in [3.8, 4) is 5.75 Å². The zero-order chi connectivity index (χ0) is 14.5. The van der Waals surface area contributed by atoms with Crippen LogP contribution in [0.5, 0.6) is 5.75 Å². The van der Waals surface area contributed by atoms with E-state index in [1.807, 2.05) is 31.5 Å². The van der Waals surface area contributed by atoms with Crippen LogP contribution in [0.4, 0.5) is 0 Å². The number of para-hydroxylation sites is 1. The van der Waals surface area contributed by atoms with Gasteiger partial charge in [0.15, 0.2) is 0 Å². The molecule has 0 aliphatic heterocycles. The van der Waals surface area contributed by atoms with Crippen molar-refractivity contribution in [1.29, 1.82) is 0 Å². The highest BCUT2D eigenvalue weighted by atomic mass is 79.9. The average Bonchev–Trinajstić information content (AvgIpc) is 2.78. The van der Waals surface area contributed by atoms with Crippen molar-refractivity contribution >= 4 is 27.3 Å². The van der Waals surface area contributed by atoms with Crippen molar-refractivity contribution in [3.05, 3.63) is 44.3 Å². The van der Waals surface area contributed by atoms with E-state index in [0.717, 1.165) is 34.3 Å². The van der Waals surface area contributed by atoms with E-state index in [1.54, 1.807) is 11.3 Å². The van der Waals surface area contributed by atoms with Gasteiger partial charge in [-0.2, -0.15) is 0 Å². The number of rotatable bonds is 6. The molecular formula is C15H19BrN2OS. The van der Waals surface area contributed by atoms with Crippen molar-refractivity contribution in [2.24, 2.45) is 5.73 Å². The molecule has 5 heteroatoms. The summed E-state index contributed by atoms with van der Waals surface area (Å²) >= 11 is 5.24. The second kappa shape index (κ2) is 7.20. The van der Waals surface area contributed by atoms with Gasteiger partial charge in [0, 0.05) is 17.3 Å². The van der Waals surface area contributed by atoms with E-state index >= 15 is 0 Å². The molecule has 2 N–H and O–H groups in total. The van der Waals surface area contributed by atoms with E-state index in [4.69, 9.17) is 10.5 Å². The predicted molar refractivity (Wildman–Crippen MR) is 87.5 cm³/mol. The Morgan fingerprint density at radius 3 is 2.90 bits per heavy atom. The Balaban J connectivity index is 2.03. The van der Waals surface area contributed by atoms with Crippen molar-refractivity contribution in [1.82, 2.24) is 4.98 Å². The first-order chi connectivity index (χ1) is 9.58. The summed E-state index contributed by atoms with van der Waals surface area (Å²) < 4.78 is 6.96. The lowest BCUT2D eigenvalue weighted by Gasteiger charge is -2.14. The van der Waals surface area contributed by atoms with Crippen LogP contribution in [0.1, 0.15) is 23.1 Å². The molecule has 0 amide bonds. The SMILES string of the molecule is Cc1ncsc1CCOc1c(Br)cccc1CC(C)N. The molecule has 0 fully saturated rings. The molecule has 108 valence electrons. The van der Waals surface area contributed by atoms with E-state index in [2.05, 4.69) is 27.0 Å². The molecule has 1 heterocycles. The van der Waals surface area contributed by atoms with Crippen LogP contribution < -0.4 is 10.5 Å². The summed E-state index contributed by atoms with van der Waals surface area (Å²) in [6.07, 6.45) is 1.70. The molecule has 20 heavy (non-hydrogen) atoms. The maximum absolute atomic E-state index is 5.97. The smallest absolute Gasteiger partial charge is 0.136 e. The zero-order valence-electron chi connectivity index (χ0n) is 11.7. The van der Waals surface area contributed by atoms with Gasteiger partial charge in [0.2, 0.25) is 0 Å². The van der Waals surface area contributed by atoms with Crippen molar-refractivity contribution in [2.75, 3.05) is 6.61 Å². The number of aromatic nitrogens is 1. The van der Waals surface area contributed by atoms with Gasteiger partial charge in [-0.1, -0.05) is 12.1 Å². The minimum Gasteiger partial charge on any atom is -0.492 e. The Hall–Kier alpha value is -0.910. The first kappa shape index (κ1) is 15.5. The molecule has 0 saturated carbocycles. The summed E-state index contributed by atoms with van der Waals surface area (Å²) in [6.45, 7) is 4.69. The maximum Gasteiger partial charge on any atom is 0.136 e. The normalized spacial score (nSPS) is 12.4. The zero-order valence-corrected chi connectivity index (χ0v) is 14.1. The Bertz CT molecular complexity index is 569. The number of thiazole rings is 1. The monoisotopic (exact) mass is 354 g/mol. The van der Waals surface area contributed by atoms with Gasteiger partial charge < -0.3 is 10.5 Å². The third-order valence-corrected chi connectivity index (χ3v) is 4.63. The highest BCUT2D eigenvalue weighted by Crippen LogP contribution is 2.30. The van der Waals surface area contributed by atoms with Crippen LogP contribution in [0.25, 0.3) is 0 Å². The number of nitrogens with zero attached hydrogens (tertiary/aromatic N) is 1. The molecule has 1 atom stereocenters. The number of nitrogens with two attached hydrogens (primary N) is 1.